The minimum absolute atomic E-state index is 0.348. The van der Waals surface area contributed by atoms with Crippen molar-refractivity contribution in [3.05, 3.63) is 199 Å². The van der Waals surface area contributed by atoms with E-state index in [2.05, 4.69) is 92.8 Å². The zero-order chi connectivity index (χ0) is 36.3. The molecule has 10 rings (SSSR count). The van der Waals surface area contributed by atoms with Crippen molar-refractivity contribution in [2.45, 2.75) is 0 Å². The molecule has 254 valence electrons. The summed E-state index contributed by atoms with van der Waals surface area (Å²) >= 11 is 0. The Morgan fingerprint density at radius 2 is 0.870 bits per heavy atom. The van der Waals surface area contributed by atoms with Gasteiger partial charge in [0.2, 0.25) is 5.69 Å². The first-order valence-electron chi connectivity index (χ1n) is 17.8. The summed E-state index contributed by atoms with van der Waals surface area (Å²) in [5.41, 5.74) is 10.5. The average molecular weight is 698 g/mol. The highest BCUT2D eigenvalue weighted by Gasteiger charge is 2.25. The first-order valence-corrected chi connectivity index (χ1v) is 17.8. The molecule has 0 spiro atoms. The molecule has 0 atom stereocenters. The van der Waals surface area contributed by atoms with Crippen LogP contribution in [0.15, 0.2) is 176 Å². The largest absolute Gasteiger partial charge is 0.319 e. The van der Waals surface area contributed by atoms with Crippen LogP contribution in [0.1, 0.15) is 0 Å². The lowest BCUT2D eigenvalue weighted by atomic mass is 10.00. The van der Waals surface area contributed by atoms with Gasteiger partial charge in [-0.05, 0) is 88.0 Å². The van der Waals surface area contributed by atoms with Gasteiger partial charge in [-0.1, -0.05) is 115 Å². The molecule has 2 aromatic heterocycles. The van der Waals surface area contributed by atoms with Gasteiger partial charge < -0.3 is 9.13 Å². The third kappa shape index (κ3) is 4.92. The van der Waals surface area contributed by atoms with Crippen LogP contribution in [0.4, 0.5) is 14.5 Å². The van der Waals surface area contributed by atoms with Crippen LogP contribution in [0.3, 0.4) is 0 Å². The van der Waals surface area contributed by atoms with Crippen molar-refractivity contribution in [2.75, 3.05) is 0 Å². The summed E-state index contributed by atoms with van der Waals surface area (Å²) in [4.78, 5) is 4.29. The van der Waals surface area contributed by atoms with Gasteiger partial charge in [0.1, 0.15) is 11.6 Å². The van der Waals surface area contributed by atoms with Crippen LogP contribution in [0.2, 0.25) is 0 Å². The number of hydrogen-bond donors (Lipinski definition) is 0. The molecule has 2 heterocycles. The molecule has 54 heavy (non-hydrogen) atoms. The molecular weight excluding hydrogens is 669 g/mol. The van der Waals surface area contributed by atoms with E-state index in [9.17, 15) is 8.78 Å². The molecule has 0 saturated heterocycles. The van der Waals surface area contributed by atoms with Gasteiger partial charge in [-0.3, -0.25) is 0 Å². The van der Waals surface area contributed by atoms with Crippen molar-refractivity contribution < 1.29 is 8.78 Å². The molecule has 0 unspecified atom stereocenters. The minimum Gasteiger partial charge on any atom is -0.319 e. The standard InChI is InChI=1S/C49H29F2N3/c1-52-48-47(53-43-18-10-8-16-39(43)41-28-33(20-23-45(41)53)31-12-4-2-5-13-31)25-22-38(35-26-36(50)30-37(51)27-35)49(48)54-44-19-11-9-17-40(44)42-29-34(21-24-46(42)54)32-14-6-3-7-15-32/h2-30H. The van der Waals surface area contributed by atoms with E-state index in [4.69, 9.17) is 6.57 Å². The summed E-state index contributed by atoms with van der Waals surface area (Å²) in [6.07, 6.45) is 0. The highest BCUT2D eigenvalue weighted by Crippen LogP contribution is 2.46. The number of para-hydroxylation sites is 2. The van der Waals surface area contributed by atoms with Crippen molar-refractivity contribution in [1.82, 2.24) is 9.13 Å². The Morgan fingerprint density at radius 1 is 0.389 bits per heavy atom. The highest BCUT2D eigenvalue weighted by atomic mass is 19.1. The molecule has 0 aliphatic heterocycles. The molecule has 0 aliphatic carbocycles. The molecule has 10 aromatic rings. The summed E-state index contributed by atoms with van der Waals surface area (Å²) in [7, 11) is 0. The Bertz CT molecular complexity index is 3110. The fraction of sp³-hybridized carbons (Fsp3) is 0. The molecule has 0 saturated carbocycles. The Balaban J connectivity index is 1.32. The van der Waals surface area contributed by atoms with Crippen molar-refractivity contribution >= 4 is 49.3 Å². The number of aromatic nitrogens is 2. The maximum absolute atomic E-state index is 15.0. The van der Waals surface area contributed by atoms with E-state index in [1.807, 2.05) is 78.9 Å². The summed E-state index contributed by atoms with van der Waals surface area (Å²) in [6.45, 7) is 8.85. The van der Waals surface area contributed by atoms with E-state index in [0.717, 1.165) is 71.9 Å². The van der Waals surface area contributed by atoms with Crippen molar-refractivity contribution in [3.63, 3.8) is 0 Å². The van der Waals surface area contributed by atoms with Crippen LogP contribution in [0, 0.1) is 18.2 Å². The van der Waals surface area contributed by atoms with Gasteiger partial charge in [-0.25, -0.2) is 13.6 Å². The van der Waals surface area contributed by atoms with Crippen molar-refractivity contribution in [1.29, 1.82) is 0 Å². The second-order valence-electron chi connectivity index (χ2n) is 13.5. The van der Waals surface area contributed by atoms with Gasteiger partial charge in [0, 0.05) is 27.6 Å². The van der Waals surface area contributed by atoms with Crippen LogP contribution in [-0.2, 0) is 0 Å². The summed E-state index contributed by atoms with van der Waals surface area (Å²) < 4.78 is 34.2. The van der Waals surface area contributed by atoms with Crippen LogP contribution < -0.4 is 0 Å². The molecule has 8 aromatic carbocycles. The lowest BCUT2D eigenvalue weighted by Gasteiger charge is -2.20. The van der Waals surface area contributed by atoms with Crippen LogP contribution in [-0.4, -0.2) is 9.13 Å². The second kappa shape index (κ2) is 12.4. The fourth-order valence-electron chi connectivity index (χ4n) is 8.09. The van der Waals surface area contributed by atoms with Crippen molar-refractivity contribution in [3.8, 4) is 44.8 Å². The Hall–Kier alpha value is -7.29. The highest BCUT2D eigenvalue weighted by molar-refractivity contribution is 6.13. The average Bonchev–Trinajstić information content (AvgIpc) is 3.72. The minimum atomic E-state index is -0.685. The Kier molecular flexibility index (Phi) is 7.24. The predicted octanol–water partition coefficient (Wildman–Crippen LogP) is 13.7. The monoisotopic (exact) mass is 697 g/mol. The van der Waals surface area contributed by atoms with Gasteiger partial charge in [0.25, 0.3) is 0 Å². The van der Waals surface area contributed by atoms with E-state index in [-0.39, 0.29) is 0 Å². The third-order valence-corrected chi connectivity index (χ3v) is 10.4. The molecule has 0 amide bonds. The number of rotatable bonds is 5. The maximum Gasteiger partial charge on any atom is 0.234 e. The lowest BCUT2D eigenvalue weighted by Crippen LogP contribution is -2.03. The quantitative estimate of drug-likeness (QED) is 0.159. The summed E-state index contributed by atoms with van der Waals surface area (Å²) in [6, 6.07) is 57.0. The van der Waals surface area contributed by atoms with Gasteiger partial charge in [0.05, 0.1) is 40.0 Å². The first kappa shape index (κ1) is 31.4. The number of fused-ring (bicyclic) bond motifs is 6. The molecule has 0 fully saturated rings. The molecule has 0 N–H and O–H groups in total. The zero-order valence-corrected chi connectivity index (χ0v) is 28.8. The van der Waals surface area contributed by atoms with E-state index in [1.165, 1.54) is 12.1 Å². The summed E-state index contributed by atoms with van der Waals surface area (Å²) in [5.74, 6) is -1.37. The van der Waals surface area contributed by atoms with Gasteiger partial charge in [-0.15, -0.1) is 0 Å². The van der Waals surface area contributed by atoms with E-state index in [1.54, 1.807) is 0 Å². The normalized spacial score (nSPS) is 11.5. The zero-order valence-electron chi connectivity index (χ0n) is 28.8. The molecule has 5 heteroatoms. The van der Waals surface area contributed by atoms with Crippen LogP contribution >= 0.6 is 0 Å². The van der Waals surface area contributed by atoms with Crippen LogP contribution in [0.25, 0.3) is 93.2 Å². The maximum atomic E-state index is 15.0. The van der Waals surface area contributed by atoms with Crippen LogP contribution in [0.5, 0.6) is 0 Å². The molecule has 0 bridgehead atoms. The van der Waals surface area contributed by atoms with Gasteiger partial charge in [-0.2, -0.15) is 0 Å². The number of nitrogens with zero attached hydrogens (tertiary/aromatic N) is 3. The van der Waals surface area contributed by atoms with E-state index in [0.29, 0.717) is 28.2 Å². The summed E-state index contributed by atoms with van der Waals surface area (Å²) in [5, 5.41) is 4.14. The lowest BCUT2D eigenvalue weighted by molar-refractivity contribution is 0.584. The SMILES string of the molecule is [C-]#[N+]c1c(-n2c3ccccc3c3cc(-c4ccccc4)ccc32)ccc(-c2cc(F)cc(F)c2)c1-n1c2ccccc2c2cc(-c3ccccc3)ccc21. The van der Waals surface area contributed by atoms with Crippen molar-refractivity contribution in [2.24, 2.45) is 0 Å². The molecular formula is C49H29F2N3. The Morgan fingerprint density at radius 3 is 1.43 bits per heavy atom. The number of benzene rings is 8. The second-order valence-corrected chi connectivity index (χ2v) is 13.5. The third-order valence-electron chi connectivity index (χ3n) is 10.4. The Labute approximate surface area is 310 Å². The van der Waals surface area contributed by atoms with Gasteiger partial charge >= 0.3 is 0 Å². The number of hydrogen-bond acceptors (Lipinski definition) is 0. The first-order chi connectivity index (χ1) is 26.6. The molecule has 0 radical (unpaired) electrons. The topological polar surface area (TPSA) is 14.2 Å². The molecule has 0 aliphatic rings. The van der Waals surface area contributed by atoms with Gasteiger partial charge in [0.15, 0.2) is 0 Å². The fourth-order valence-corrected chi connectivity index (χ4v) is 8.09. The molecule has 3 nitrogen and oxygen atoms in total. The van der Waals surface area contributed by atoms with E-state index < -0.39 is 11.6 Å². The number of halogens is 2. The predicted molar refractivity (Wildman–Crippen MR) is 218 cm³/mol. The smallest absolute Gasteiger partial charge is 0.234 e. The van der Waals surface area contributed by atoms with E-state index >= 15 is 0 Å².